The van der Waals surface area contributed by atoms with Gasteiger partial charge >= 0.3 is 0 Å². The van der Waals surface area contributed by atoms with Gasteiger partial charge in [0.05, 0.1) is 5.92 Å². The number of nitrogens with zero attached hydrogens (tertiary/aromatic N) is 1. The number of ether oxygens (including phenoxy) is 1. The molecule has 132 valence electrons. The molecule has 1 aliphatic heterocycles. The van der Waals surface area contributed by atoms with Crippen LogP contribution in [0.1, 0.15) is 28.8 Å². The molecule has 1 aliphatic rings. The molecule has 0 fully saturated rings. The molecule has 26 heavy (non-hydrogen) atoms. The van der Waals surface area contributed by atoms with Crippen molar-refractivity contribution in [1.82, 2.24) is 9.88 Å². The number of amides is 1. The van der Waals surface area contributed by atoms with Crippen LogP contribution in [0, 0.1) is 0 Å². The lowest BCUT2D eigenvalue weighted by Gasteiger charge is -2.27. The summed E-state index contributed by atoms with van der Waals surface area (Å²) in [6.07, 6.45) is 1.11. The number of rotatable bonds is 4. The lowest BCUT2D eigenvalue weighted by Crippen LogP contribution is -2.34. The van der Waals surface area contributed by atoms with Crippen LogP contribution < -0.4 is 10.1 Å². The summed E-state index contributed by atoms with van der Waals surface area (Å²) in [5.41, 5.74) is 2.42. The number of aryl methyl sites for hydroxylation is 1. The van der Waals surface area contributed by atoms with Gasteiger partial charge in [-0.15, -0.1) is 0 Å². The highest BCUT2D eigenvalue weighted by molar-refractivity contribution is 5.89. The zero-order valence-electron chi connectivity index (χ0n) is 14.4. The zero-order valence-corrected chi connectivity index (χ0v) is 14.4. The van der Waals surface area contributed by atoms with Gasteiger partial charge in [-0.25, -0.2) is 0 Å². The molecule has 5 nitrogen and oxygen atoms in total. The number of para-hydroxylation sites is 2. The highest BCUT2D eigenvalue weighted by atomic mass is 16.5. The van der Waals surface area contributed by atoms with Crippen molar-refractivity contribution in [2.75, 3.05) is 6.54 Å². The zero-order chi connectivity index (χ0) is 18.1. The van der Waals surface area contributed by atoms with Crippen molar-refractivity contribution in [3.63, 3.8) is 0 Å². The summed E-state index contributed by atoms with van der Waals surface area (Å²) >= 11 is 0. The Morgan fingerprint density at radius 3 is 2.27 bits per heavy atom. The Hall–Kier alpha value is -3.05. The number of aliphatic hydroxyl groups is 1. The SMILES string of the molecule is Cn1cccc1C(O)CNC(=O)C1c2ccccc2Oc2ccccc21. The number of benzene rings is 2. The molecule has 2 N–H and O–H groups in total. The van der Waals surface area contributed by atoms with E-state index in [1.54, 1.807) is 0 Å². The maximum absolute atomic E-state index is 13.0. The second-order valence-corrected chi connectivity index (χ2v) is 6.42. The maximum atomic E-state index is 13.0. The Balaban J connectivity index is 1.59. The van der Waals surface area contributed by atoms with Crippen LogP contribution in [0.5, 0.6) is 11.5 Å². The highest BCUT2D eigenvalue weighted by Gasteiger charge is 2.32. The predicted molar refractivity (Wildman–Crippen MR) is 98.2 cm³/mol. The summed E-state index contributed by atoms with van der Waals surface area (Å²) in [4.78, 5) is 13.0. The molecular weight excluding hydrogens is 328 g/mol. The van der Waals surface area contributed by atoms with Crippen molar-refractivity contribution in [2.45, 2.75) is 12.0 Å². The minimum absolute atomic E-state index is 0.151. The van der Waals surface area contributed by atoms with Crippen molar-refractivity contribution in [2.24, 2.45) is 7.05 Å². The summed E-state index contributed by atoms with van der Waals surface area (Å²) in [5, 5.41) is 13.3. The van der Waals surface area contributed by atoms with Crippen LogP contribution in [0.4, 0.5) is 0 Å². The first-order chi connectivity index (χ1) is 12.6. The molecule has 1 atom stereocenters. The molecule has 2 aromatic carbocycles. The summed E-state index contributed by atoms with van der Waals surface area (Å²) in [7, 11) is 1.87. The third kappa shape index (κ3) is 2.86. The minimum atomic E-state index is -0.760. The van der Waals surface area contributed by atoms with E-state index < -0.39 is 12.0 Å². The van der Waals surface area contributed by atoms with Crippen LogP contribution in [-0.4, -0.2) is 22.1 Å². The van der Waals surface area contributed by atoms with Crippen molar-refractivity contribution < 1.29 is 14.6 Å². The summed E-state index contributed by atoms with van der Waals surface area (Å²) < 4.78 is 7.77. The van der Waals surface area contributed by atoms with Crippen LogP contribution in [0.2, 0.25) is 0 Å². The Bertz CT molecular complexity index is 902. The van der Waals surface area contributed by atoms with Gasteiger partial charge in [0, 0.05) is 36.6 Å². The molecule has 1 unspecified atom stereocenters. The molecule has 0 bridgehead atoms. The number of aromatic nitrogens is 1. The van der Waals surface area contributed by atoms with E-state index in [2.05, 4.69) is 5.32 Å². The van der Waals surface area contributed by atoms with Gasteiger partial charge in [-0.05, 0) is 24.3 Å². The number of hydrogen-bond acceptors (Lipinski definition) is 3. The number of aliphatic hydroxyl groups excluding tert-OH is 1. The fourth-order valence-corrected chi connectivity index (χ4v) is 3.42. The molecular formula is C21H20N2O3. The van der Waals surface area contributed by atoms with Crippen molar-refractivity contribution in [3.8, 4) is 11.5 Å². The van der Waals surface area contributed by atoms with Gasteiger partial charge in [-0.1, -0.05) is 36.4 Å². The normalized spacial score (nSPS) is 14.1. The van der Waals surface area contributed by atoms with Gasteiger partial charge in [0.15, 0.2) is 0 Å². The number of carbonyl (C=O) groups is 1. The number of hydrogen-bond donors (Lipinski definition) is 2. The van der Waals surface area contributed by atoms with Crippen LogP contribution in [0.25, 0.3) is 0 Å². The monoisotopic (exact) mass is 348 g/mol. The third-order valence-corrected chi connectivity index (χ3v) is 4.74. The smallest absolute Gasteiger partial charge is 0.232 e. The summed E-state index contributed by atoms with van der Waals surface area (Å²) in [5.74, 6) is 0.766. The van der Waals surface area contributed by atoms with Crippen molar-refractivity contribution in [3.05, 3.63) is 83.7 Å². The van der Waals surface area contributed by atoms with Crippen molar-refractivity contribution in [1.29, 1.82) is 0 Å². The molecule has 0 saturated heterocycles. The van der Waals surface area contributed by atoms with Gasteiger partial charge in [0.2, 0.25) is 5.91 Å². The van der Waals surface area contributed by atoms with Crippen LogP contribution >= 0.6 is 0 Å². The first kappa shape index (κ1) is 16.4. The van der Waals surface area contributed by atoms with Crippen LogP contribution in [0.15, 0.2) is 66.9 Å². The van der Waals surface area contributed by atoms with E-state index in [1.165, 1.54) is 0 Å². The van der Waals surface area contributed by atoms with Crippen molar-refractivity contribution >= 4 is 5.91 Å². The molecule has 0 aliphatic carbocycles. The lowest BCUT2D eigenvalue weighted by atomic mass is 9.87. The fourth-order valence-electron chi connectivity index (χ4n) is 3.42. The first-order valence-corrected chi connectivity index (χ1v) is 8.58. The Labute approximate surface area is 151 Å². The standard InChI is InChI=1S/C21H20N2O3/c1-23-12-6-9-16(23)17(24)13-22-21(25)20-14-7-2-4-10-18(14)26-19-11-5-3-8-15(19)20/h2-12,17,20,24H,13H2,1H3,(H,22,25). The Kier molecular flexibility index (Phi) is 4.22. The summed E-state index contributed by atoms with van der Waals surface area (Å²) in [6, 6.07) is 18.8. The average Bonchev–Trinajstić information content (AvgIpc) is 3.10. The fraction of sp³-hybridized carbons (Fsp3) is 0.190. The topological polar surface area (TPSA) is 63.5 Å². The molecule has 1 aromatic heterocycles. The lowest BCUT2D eigenvalue weighted by molar-refractivity contribution is -0.122. The molecule has 0 saturated carbocycles. The van der Waals surface area contributed by atoms with Gasteiger partial charge in [0.25, 0.3) is 0 Å². The molecule has 5 heteroatoms. The number of nitrogens with one attached hydrogen (secondary N) is 1. The molecule has 3 aromatic rings. The molecule has 2 heterocycles. The Morgan fingerprint density at radius 2 is 1.69 bits per heavy atom. The van der Waals surface area contributed by atoms with Gasteiger partial charge in [-0.3, -0.25) is 4.79 Å². The van der Waals surface area contributed by atoms with E-state index in [9.17, 15) is 9.90 Å². The molecule has 4 rings (SSSR count). The van der Waals surface area contributed by atoms with E-state index >= 15 is 0 Å². The second kappa shape index (κ2) is 6.69. The molecule has 0 spiro atoms. The van der Waals surface area contributed by atoms with E-state index in [0.717, 1.165) is 16.8 Å². The minimum Gasteiger partial charge on any atom is -0.457 e. The highest BCUT2D eigenvalue weighted by Crippen LogP contribution is 2.43. The number of carbonyl (C=O) groups excluding carboxylic acids is 1. The largest absolute Gasteiger partial charge is 0.457 e. The van der Waals surface area contributed by atoms with Gasteiger partial charge < -0.3 is 19.7 Å². The summed E-state index contributed by atoms with van der Waals surface area (Å²) in [6.45, 7) is 0.151. The quantitative estimate of drug-likeness (QED) is 0.761. The molecule has 1 amide bonds. The van der Waals surface area contributed by atoms with E-state index in [-0.39, 0.29) is 12.5 Å². The van der Waals surface area contributed by atoms with Crippen LogP contribution in [0.3, 0.4) is 0 Å². The predicted octanol–water partition coefficient (Wildman–Crippen LogP) is 3.11. The van der Waals surface area contributed by atoms with E-state index in [1.807, 2.05) is 78.5 Å². The average molecular weight is 348 g/mol. The first-order valence-electron chi connectivity index (χ1n) is 8.58. The third-order valence-electron chi connectivity index (χ3n) is 4.74. The van der Waals surface area contributed by atoms with Crippen LogP contribution in [-0.2, 0) is 11.8 Å². The molecule has 0 radical (unpaired) electrons. The number of fused-ring (bicyclic) bond motifs is 2. The Morgan fingerprint density at radius 1 is 1.08 bits per heavy atom. The van der Waals surface area contributed by atoms with E-state index in [0.29, 0.717) is 11.5 Å². The van der Waals surface area contributed by atoms with Gasteiger partial charge in [0.1, 0.15) is 17.6 Å². The second-order valence-electron chi connectivity index (χ2n) is 6.42. The maximum Gasteiger partial charge on any atom is 0.232 e. The van der Waals surface area contributed by atoms with E-state index in [4.69, 9.17) is 4.74 Å². The van der Waals surface area contributed by atoms with Gasteiger partial charge in [-0.2, -0.15) is 0 Å².